The summed E-state index contributed by atoms with van der Waals surface area (Å²) in [5.74, 6) is 0.810. The first-order chi connectivity index (χ1) is 10.1. The Morgan fingerprint density at radius 1 is 1.14 bits per heavy atom. The molecule has 0 unspecified atom stereocenters. The lowest BCUT2D eigenvalue weighted by atomic mass is 10.1. The van der Waals surface area contributed by atoms with Crippen molar-refractivity contribution in [2.24, 2.45) is 4.99 Å². The maximum Gasteiger partial charge on any atom is 0.269 e. The van der Waals surface area contributed by atoms with Crippen LogP contribution in [0, 0.1) is 10.1 Å². The van der Waals surface area contributed by atoms with Crippen LogP contribution in [-0.2, 0) is 0 Å². The largest absolute Gasteiger partial charge is 0.494 e. The third-order valence-electron chi connectivity index (χ3n) is 2.94. The number of nitrogens with zero attached hydrogens (tertiary/aromatic N) is 2. The van der Waals surface area contributed by atoms with Gasteiger partial charge in [-0.15, -0.1) is 0 Å². The molecule has 0 bridgehead atoms. The van der Waals surface area contributed by atoms with E-state index in [9.17, 15) is 10.1 Å². The molecule has 0 atom stereocenters. The van der Waals surface area contributed by atoms with Crippen LogP contribution in [0.5, 0.6) is 5.75 Å². The minimum atomic E-state index is -0.414. The van der Waals surface area contributed by atoms with Crippen LogP contribution in [0.4, 0.5) is 11.4 Å². The van der Waals surface area contributed by atoms with Crippen LogP contribution in [0.25, 0.3) is 0 Å². The summed E-state index contributed by atoms with van der Waals surface area (Å²) in [6.45, 7) is 4.44. The molecule has 0 amide bonds. The topological polar surface area (TPSA) is 64.7 Å². The van der Waals surface area contributed by atoms with Gasteiger partial charge in [0.1, 0.15) is 5.75 Å². The summed E-state index contributed by atoms with van der Waals surface area (Å²) >= 11 is 0. The van der Waals surface area contributed by atoms with Crippen molar-refractivity contribution in [3.8, 4) is 5.75 Å². The minimum absolute atomic E-state index is 0.0765. The molecule has 0 spiro atoms. The van der Waals surface area contributed by atoms with Crippen molar-refractivity contribution in [2.45, 2.75) is 13.8 Å². The van der Waals surface area contributed by atoms with Gasteiger partial charge in [-0.1, -0.05) is 0 Å². The number of hydrogen-bond acceptors (Lipinski definition) is 4. The molecule has 0 heterocycles. The predicted octanol–water partition coefficient (Wildman–Crippen LogP) is 4.13. The number of nitro benzene ring substituents is 1. The molecule has 0 radical (unpaired) electrons. The molecule has 2 aromatic rings. The second-order valence-electron chi connectivity index (χ2n) is 4.43. The normalized spacial score (nSPS) is 11.2. The van der Waals surface area contributed by atoms with E-state index in [0.717, 1.165) is 22.7 Å². The standard InChI is InChI=1S/C16H16N2O3/c1-3-21-16-10-6-14(7-11-16)17-12(2)13-4-8-15(9-5-13)18(19)20/h4-11H,3H2,1-2H3. The van der Waals surface area contributed by atoms with Gasteiger partial charge in [0.05, 0.1) is 17.2 Å². The Morgan fingerprint density at radius 3 is 2.29 bits per heavy atom. The fraction of sp³-hybridized carbons (Fsp3) is 0.188. The Balaban J connectivity index is 2.17. The summed E-state index contributed by atoms with van der Waals surface area (Å²) in [5, 5.41) is 10.6. The number of ether oxygens (including phenoxy) is 1. The molecular formula is C16H16N2O3. The lowest BCUT2D eigenvalue weighted by Gasteiger charge is -2.04. The number of benzene rings is 2. The zero-order chi connectivity index (χ0) is 15.2. The average Bonchev–Trinajstić information content (AvgIpc) is 2.49. The highest BCUT2D eigenvalue weighted by atomic mass is 16.6. The van der Waals surface area contributed by atoms with Crippen LogP contribution in [0.2, 0.25) is 0 Å². The molecular weight excluding hydrogens is 268 g/mol. The van der Waals surface area contributed by atoms with E-state index in [1.165, 1.54) is 12.1 Å². The summed E-state index contributed by atoms with van der Waals surface area (Å²) in [6.07, 6.45) is 0. The first-order valence-electron chi connectivity index (χ1n) is 6.63. The van der Waals surface area contributed by atoms with Crippen molar-refractivity contribution in [3.63, 3.8) is 0 Å². The molecule has 2 aromatic carbocycles. The second kappa shape index (κ2) is 6.65. The number of rotatable bonds is 5. The van der Waals surface area contributed by atoms with Crippen LogP contribution in [0.1, 0.15) is 19.4 Å². The Morgan fingerprint density at radius 2 is 1.76 bits per heavy atom. The van der Waals surface area contributed by atoms with E-state index < -0.39 is 4.92 Å². The Bertz CT molecular complexity index is 646. The van der Waals surface area contributed by atoms with Crippen LogP contribution < -0.4 is 4.74 Å². The molecule has 0 saturated heterocycles. The molecule has 5 heteroatoms. The van der Waals surface area contributed by atoms with Crippen LogP contribution in [0.3, 0.4) is 0 Å². The van der Waals surface area contributed by atoms with Gasteiger partial charge in [0.2, 0.25) is 0 Å². The van der Waals surface area contributed by atoms with Gasteiger partial charge in [-0.25, -0.2) is 0 Å². The molecule has 0 saturated carbocycles. The third kappa shape index (κ3) is 3.89. The third-order valence-corrected chi connectivity index (χ3v) is 2.94. The summed E-state index contributed by atoms with van der Waals surface area (Å²) in [7, 11) is 0. The number of non-ortho nitro benzene ring substituents is 1. The number of nitro groups is 1. The van der Waals surface area contributed by atoms with Gasteiger partial charge in [-0.2, -0.15) is 0 Å². The molecule has 0 aliphatic carbocycles. The summed E-state index contributed by atoms with van der Waals surface area (Å²) in [4.78, 5) is 14.7. The fourth-order valence-corrected chi connectivity index (χ4v) is 1.87. The van der Waals surface area contributed by atoms with Gasteiger partial charge in [-0.3, -0.25) is 15.1 Å². The quantitative estimate of drug-likeness (QED) is 0.471. The summed E-state index contributed by atoms with van der Waals surface area (Å²) in [6, 6.07) is 13.8. The number of hydrogen-bond donors (Lipinski definition) is 0. The van der Waals surface area contributed by atoms with Crippen molar-refractivity contribution < 1.29 is 9.66 Å². The minimum Gasteiger partial charge on any atom is -0.494 e. The highest BCUT2D eigenvalue weighted by Crippen LogP contribution is 2.20. The lowest BCUT2D eigenvalue weighted by Crippen LogP contribution is -1.95. The van der Waals surface area contributed by atoms with Crippen molar-refractivity contribution in [2.75, 3.05) is 6.61 Å². The fourth-order valence-electron chi connectivity index (χ4n) is 1.87. The second-order valence-corrected chi connectivity index (χ2v) is 4.43. The molecule has 108 valence electrons. The van der Waals surface area contributed by atoms with Crippen molar-refractivity contribution in [3.05, 3.63) is 64.2 Å². The van der Waals surface area contributed by atoms with Crippen molar-refractivity contribution >= 4 is 17.1 Å². The predicted molar refractivity (Wildman–Crippen MR) is 82.6 cm³/mol. The van der Waals surface area contributed by atoms with E-state index in [-0.39, 0.29) is 5.69 Å². The van der Waals surface area contributed by atoms with Gasteiger partial charge < -0.3 is 4.74 Å². The molecule has 0 aliphatic heterocycles. The molecule has 0 N–H and O–H groups in total. The molecule has 5 nitrogen and oxygen atoms in total. The molecule has 21 heavy (non-hydrogen) atoms. The van der Waals surface area contributed by atoms with Crippen molar-refractivity contribution in [1.82, 2.24) is 0 Å². The van der Waals surface area contributed by atoms with Crippen LogP contribution in [0.15, 0.2) is 53.5 Å². The van der Waals surface area contributed by atoms with Gasteiger partial charge in [0.25, 0.3) is 5.69 Å². The average molecular weight is 284 g/mol. The smallest absolute Gasteiger partial charge is 0.269 e. The Hall–Kier alpha value is -2.69. The summed E-state index contributed by atoms with van der Waals surface area (Å²) in [5.41, 5.74) is 2.55. The van der Waals surface area contributed by atoms with E-state index in [0.29, 0.717) is 6.61 Å². The van der Waals surface area contributed by atoms with E-state index in [2.05, 4.69) is 4.99 Å². The van der Waals surface area contributed by atoms with Crippen LogP contribution >= 0.6 is 0 Å². The molecule has 0 aromatic heterocycles. The van der Waals surface area contributed by atoms with E-state index in [1.54, 1.807) is 12.1 Å². The zero-order valence-electron chi connectivity index (χ0n) is 11.9. The zero-order valence-corrected chi connectivity index (χ0v) is 11.9. The number of aliphatic imine (C=N–C) groups is 1. The first-order valence-corrected chi connectivity index (χ1v) is 6.63. The van der Waals surface area contributed by atoms with Gasteiger partial charge >= 0.3 is 0 Å². The highest BCUT2D eigenvalue weighted by molar-refractivity contribution is 6.00. The van der Waals surface area contributed by atoms with Gasteiger partial charge in [-0.05, 0) is 55.8 Å². The molecule has 0 fully saturated rings. The highest BCUT2D eigenvalue weighted by Gasteiger charge is 2.05. The maximum absolute atomic E-state index is 10.6. The molecule has 0 aliphatic rings. The lowest BCUT2D eigenvalue weighted by molar-refractivity contribution is -0.384. The monoisotopic (exact) mass is 284 g/mol. The summed E-state index contributed by atoms with van der Waals surface area (Å²) < 4.78 is 5.37. The van der Waals surface area contributed by atoms with E-state index in [1.807, 2.05) is 38.1 Å². The van der Waals surface area contributed by atoms with E-state index >= 15 is 0 Å². The maximum atomic E-state index is 10.6. The Kier molecular flexibility index (Phi) is 4.66. The first kappa shape index (κ1) is 14.7. The van der Waals surface area contributed by atoms with Gasteiger partial charge in [0.15, 0.2) is 0 Å². The van der Waals surface area contributed by atoms with Crippen LogP contribution in [-0.4, -0.2) is 17.2 Å². The van der Waals surface area contributed by atoms with Crippen molar-refractivity contribution in [1.29, 1.82) is 0 Å². The molecule has 2 rings (SSSR count). The SMILES string of the molecule is CCOc1ccc(N=C(C)c2ccc([N+](=O)[O-])cc2)cc1. The van der Waals surface area contributed by atoms with Gasteiger partial charge in [0, 0.05) is 17.8 Å². The van der Waals surface area contributed by atoms with E-state index in [4.69, 9.17) is 4.74 Å². The Labute approximate surface area is 123 Å².